The molecule has 1 aromatic heterocycles. The van der Waals surface area contributed by atoms with Crippen LogP contribution in [-0.4, -0.2) is 28.5 Å². The molecule has 0 bridgehead atoms. The number of aromatic amines is 1. The molecule has 0 aromatic carbocycles. The number of hydrogen-bond acceptors (Lipinski definition) is 3. The Morgan fingerprint density at radius 3 is 2.24 bits per heavy atom. The monoisotopic (exact) mass is 334 g/mol. The molecular formula is C14H20Cl2N2O3. The van der Waals surface area contributed by atoms with Crippen LogP contribution in [0.5, 0.6) is 0 Å². The summed E-state index contributed by atoms with van der Waals surface area (Å²) in [6.45, 7) is 8.96. The highest BCUT2D eigenvalue weighted by molar-refractivity contribution is 6.41. The van der Waals surface area contributed by atoms with Crippen LogP contribution >= 0.6 is 23.2 Å². The van der Waals surface area contributed by atoms with Crippen LogP contribution in [0, 0.1) is 5.92 Å². The van der Waals surface area contributed by atoms with Crippen LogP contribution in [0.1, 0.15) is 45.1 Å². The molecule has 0 radical (unpaired) electrons. The van der Waals surface area contributed by atoms with Gasteiger partial charge >= 0.3 is 5.97 Å². The molecule has 0 fully saturated rings. The molecule has 0 saturated carbocycles. The summed E-state index contributed by atoms with van der Waals surface area (Å²) in [5.41, 5.74) is -0.423. The van der Waals surface area contributed by atoms with Gasteiger partial charge in [-0.05, 0) is 32.8 Å². The number of rotatable bonds is 4. The molecule has 7 heteroatoms. The van der Waals surface area contributed by atoms with Crippen molar-refractivity contribution in [2.24, 2.45) is 5.92 Å². The van der Waals surface area contributed by atoms with E-state index in [1.807, 2.05) is 13.8 Å². The van der Waals surface area contributed by atoms with Crippen LogP contribution in [0.25, 0.3) is 0 Å². The molecule has 1 heterocycles. The lowest BCUT2D eigenvalue weighted by molar-refractivity contribution is -0.158. The standard InChI is InChI=1S/C14H20Cl2N2O3/c1-7(2)10(13(20)21-14(3,4)5)18-12(19)9-6-8(15)11(16)17-9/h6-7,10,17H,1-5H3,(H,18,19)/t10-/m0/s1. The van der Waals surface area contributed by atoms with Crippen molar-refractivity contribution >= 4 is 35.1 Å². The van der Waals surface area contributed by atoms with Crippen molar-refractivity contribution in [2.45, 2.75) is 46.3 Å². The van der Waals surface area contributed by atoms with Crippen molar-refractivity contribution in [2.75, 3.05) is 0 Å². The fraction of sp³-hybridized carbons (Fsp3) is 0.571. The van der Waals surface area contributed by atoms with Gasteiger partial charge in [0.1, 0.15) is 22.5 Å². The van der Waals surface area contributed by atoms with Gasteiger partial charge in [-0.2, -0.15) is 0 Å². The van der Waals surface area contributed by atoms with Crippen LogP contribution in [0.3, 0.4) is 0 Å². The lowest BCUT2D eigenvalue weighted by atomic mass is 10.0. The molecule has 5 nitrogen and oxygen atoms in total. The molecule has 0 aliphatic rings. The highest BCUT2D eigenvalue weighted by Crippen LogP contribution is 2.22. The van der Waals surface area contributed by atoms with Gasteiger partial charge in [0.05, 0.1) is 5.02 Å². The first-order chi connectivity index (χ1) is 9.51. The van der Waals surface area contributed by atoms with Gasteiger partial charge in [-0.3, -0.25) is 4.79 Å². The van der Waals surface area contributed by atoms with Gasteiger partial charge in [0.15, 0.2) is 0 Å². The Labute approximate surface area is 134 Å². The summed E-state index contributed by atoms with van der Waals surface area (Å²) in [5.74, 6) is -1.06. The number of halogens is 2. The van der Waals surface area contributed by atoms with Crippen LogP contribution in [0.2, 0.25) is 10.2 Å². The second-order valence-electron chi connectivity index (χ2n) is 6.07. The molecule has 1 atom stereocenters. The SMILES string of the molecule is CC(C)[C@H](NC(=O)c1cc(Cl)c(Cl)[nH]1)C(=O)OC(C)(C)C. The van der Waals surface area contributed by atoms with Gasteiger partial charge < -0.3 is 15.0 Å². The van der Waals surface area contributed by atoms with Gasteiger partial charge in [-0.25, -0.2) is 4.79 Å². The Morgan fingerprint density at radius 2 is 1.86 bits per heavy atom. The van der Waals surface area contributed by atoms with Gasteiger partial charge in [0.25, 0.3) is 5.91 Å². The molecular weight excluding hydrogens is 315 g/mol. The average Bonchev–Trinajstić information content (AvgIpc) is 2.63. The van der Waals surface area contributed by atoms with E-state index in [4.69, 9.17) is 27.9 Å². The number of amides is 1. The Hall–Kier alpha value is -1.20. The summed E-state index contributed by atoms with van der Waals surface area (Å²) in [5, 5.41) is 3.06. The largest absolute Gasteiger partial charge is 0.458 e. The molecule has 1 rings (SSSR count). The van der Waals surface area contributed by atoms with E-state index >= 15 is 0 Å². The van der Waals surface area contributed by atoms with Crippen LogP contribution < -0.4 is 5.32 Å². The van der Waals surface area contributed by atoms with E-state index in [-0.39, 0.29) is 21.8 Å². The van der Waals surface area contributed by atoms with Crippen LogP contribution in [0.15, 0.2) is 6.07 Å². The van der Waals surface area contributed by atoms with E-state index in [9.17, 15) is 9.59 Å². The minimum Gasteiger partial charge on any atom is -0.458 e. The van der Waals surface area contributed by atoms with E-state index in [1.165, 1.54) is 6.07 Å². The molecule has 0 aliphatic heterocycles. The van der Waals surface area contributed by atoms with Gasteiger partial charge in [-0.15, -0.1) is 0 Å². The Kier molecular flexibility index (Phi) is 5.70. The van der Waals surface area contributed by atoms with Crippen molar-refractivity contribution in [1.29, 1.82) is 0 Å². The summed E-state index contributed by atoms with van der Waals surface area (Å²) in [4.78, 5) is 26.9. The smallest absolute Gasteiger partial charge is 0.329 e. The second kappa shape index (κ2) is 6.71. The predicted octanol–water partition coefficient (Wildman–Crippen LogP) is 3.42. The third kappa shape index (κ3) is 5.25. The fourth-order valence-electron chi connectivity index (χ4n) is 1.61. The zero-order chi connectivity index (χ0) is 16.4. The quantitative estimate of drug-likeness (QED) is 0.828. The van der Waals surface area contributed by atoms with E-state index in [0.29, 0.717) is 0 Å². The normalized spacial score (nSPS) is 13.1. The molecule has 118 valence electrons. The van der Waals surface area contributed by atoms with Crippen molar-refractivity contribution < 1.29 is 14.3 Å². The molecule has 21 heavy (non-hydrogen) atoms. The minimum atomic E-state index is -0.752. The van der Waals surface area contributed by atoms with Crippen molar-refractivity contribution in [3.8, 4) is 0 Å². The Bertz CT molecular complexity index is 513. The lowest BCUT2D eigenvalue weighted by Crippen LogP contribution is -2.47. The van der Waals surface area contributed by atoms with Crippen molar-refractivity contribution in [3.63, 3.8) is 0 Å². The summed E-state index contributed by atoms with van der Waals surface area (Å²) >= 11 is 11.6. The summed E-state index contributed by atoms with van der Waals surface area (Å²) < 4.78 is 5.31. The first-order valence-corrected chi connectivity index (χ1v) is 7.34. The average molecular weight is 335 g/mol. The second-order valence-corrected chi connectivity index (χ2v) is 6.86. The number of H-pyrrole nitrogens is 1. The molecule has 1 amide bonds. The topological polar surface area (TPSA) is 71.2 Å². The van der Waals surface area contributed by atoms with Gasteiger partial charge in [0, 0.05) is 0 Å². The number of esters is 1. The van der Waals surface area contributed by atoms with E-state index in [0.717, 1.165) is 0 Å². The highest BCUT2D eigenvalue weighted by Gasteiger charge is 2.29. The highest BCUT2D eigenvalue weighted by atomic mass is 35.5. The van der Waals surface area contributed by atoms with E-state index in [2.05, 4.69) is 10.3 Å². The summed E-state index contributed by atoms with van der Waals surface area (Å²) in [7, 11) is 0. The maximum absolute atomic E-state index is 12.1. The van der Waals surface area contributed by atoms with E-state index < -0.39 is 23.5 Å². The first-order valence-electron chi connectivity index (χ1n) is 6.59. The van der Waals surface area contributed by atoms with Gasteiger partial charge in [-0.1, -0.05) is 37.0 Å². The third-order valence-electron chi connectivity index (χ3n) is 2.58. The van der Waals surface area contributed by atoms with Crippen molar-refractivity contribution in [3.05, 3.63) is 21.9 Å². The number of carbonyl (C=O) groups is 2. The number of ether oxygens (including phenoxy) is 1. The molecule has 2 N–H and O–H groups in total. The third-order valence-corrected chi connectivity index (χ3v) is 3.28. The first kappa shape index (κ1) is 17.9. The number of carbonyl (C=O) groups excluding carboxylic acids is 2. The van der Waals surface area contributed by atoms with E-state index in [1.54, 1.807) is 20.8 Å². The Morgan fingerprint density at radius 1 is 1.29 bits per heavy atom. The fourth-order valence-corrected chi connectivity index (χ4v) is 1.92. The summed E-state index contributed by atoms with van der Waals surface area (Å²) in [6.07, 6.45) is 0. The maximum Gasteiger partial charge on any atom is 0.329 e. The number of aromatic nitrogens is 1. The summed E-state index contributed by atoms with van der Waals surface area (Å²) in [6, 6.07) is 0.656. The zero-order valence-electron chi connectivity index (χ0n) is 12.7. The number of nitrogens with one attached hydrogen (secondary N) is 2. The molecule has 0 spiro atoms. The minimum absolute atomic E-state index is 0.121. The molecule has 0 saturated heterocycles. The predicted molar refractivity (Wildman–Crippen MR) is 82.7 cm³/mol. The van der Waals surface area contributed by atoms with Crippen LogP contribution in [-0.2, 0) is 9.53 Å². The molecule has 0 unspecified atom stereocenters. The Balaban J connectivity index is 2.83. The van der Waals surface area contributed by atoms with Crippen molar-refractivity contribution in [1.82, 2.24) is 10.3 Å². The van der Waals surface area contributed by atoms with Crippen LogP contribution in [0.4, 0.5) is 0 Å². The lowest BCUT2D eigenvalue weighted by Gasteiger charge is -2.26. The van der Waals surface area contributed by atoms with Gasteiger partial charge in [0.2, 0.25) is 0 Å². The zero-order valence-corrected chi connectivity index (χ0v) is 14.2. The molecule has 0 aliphatic carbocycles. The number of hydrogen-bond donors (Lipinski definition) is 2. The molecule has 1 aromatic rings. The maximum atomic E-state index is 12.1.